The predicted molar refractivity (Wildman–Crippen MR) is 96.7 cm³/mol. The number of carbonyl (C=O) groups excluding carboxylic acids is 1. The van der Waals surface area contributed by atoms with Crippen LogP contribution < -0.4 is 5.32 Å². The Hall–Kier alpha value is -2.17. The Morgan fingerprint density at radius 2 is 1.75 bits per heavy atom. The van der Waals surface area contributed by atoms with E-state index in [2.05, 4.69) is 5.32 Å². The fraction of sp³-hybridized carbons (Fsp3) is 0.105. The maximum atomic E-state index is 13.2. The lowest BCUT2D eigenvalue weighted by atomic mass is 9.86. The second-order valence-electron chi connectivity index (χ2n) is 5.67. The molecule has 0 saturated heterocycles. The molecule has 120 valence electrons. The van der Waals surface area contributed by atoms with Crippen molar-refractivity contribution in [2.24, 2.45) is 0 Å². The van der Waals surface area contributed by atoms with E-state index in [1.165, 1.54) is 23.5 Å². The van der Waals surface area contributed by atoms with E-state index in [1.807, 2.05) is 30.3 Å². The number of fused-ring (bicyclic) bond motifs is 1. The third-order valence-electron chi connectivity index (χ3n) is 4.23. The molecule has 1 N–H and O–H groups in total. The van der Waals surface area contributed by atoms with Crippen LogP contribution in [0.25, 0.3) is 11.1 Å². The van der Waals surface area contributed by atoms with Crippen LogP contribution in [0.4, 0.5) is 9.39 Å². The molecule has 0 radical (unpaired) electrons. The quantitative estimate of drug-likeness (QED) is 0.646. The summed E-state index contributed by atoms with van der Waals surface area (Å²) in [5.41, 5.74) is 3.03. The molecule has 1 aliphatic rings. The molecule has 2 heterocycles. The first kappa shape index (κ1) is 15.4. The third-order valence-corrected chi connectivity index (χ3v) is 5.59. The summed E-state index contributed by atoms with van der Waals surface area (Å²) < 4.78 is 13.8. The highest BCUT2D eigenvalue weighted by atomic mass is 35.5. The van der Waals surface area contributed by atoms with Gasteiger partial charge in [0.05, 0.1) is 11.5 Å². The summed E-state index contributed by atoms with van der Waals surface area (Å²) in [4.78, 5) is 13.1. The molecule has 0 fully saturated rings. The number of thiophene rings is 1. The van der Waals surface area contributed by atoms with Crippen LogP contribution in [0, 0.1) is 5.82 Å². The summed E-state index contributed by atoms with van der Waals surface area (Å²) in [5.74, 6) is -0.508. The van der Waals surface area contributed by atoms with Crippen LogP contribution in [-0.2, 0) is 0 Å². The van der Waals surface area contributed by atoms with E-state index in [0.29, 0.717) is 22.0 Å². The number of benzene rings is 2. The smallest absolute Gasteiger partial charge is 0.175 e. The molecule has 2 nitrogen and oxygen atoms in total. The van der Waals surface area contributed by atoms with E-state index in [1.54, 1.807) is 12.1 Å². The van der Waals surface area contributed by atoms with Crippen LogP contribution in [0.1, 0.15) is 21.8 Å². The fourth-order valence-electron chi connectivity index (χ4n) is 3.05. The molecule has 1 atom stereocenters. The van der Waals surface area contributed by atoms with Crippen LogP contribution in [0.5, 0.6) is 0 Å². The molecule has 24 heavy (non-hydrogen) atoms. The van der Waals surface area contributed by atoms with Crippen LogP contribution >= 0.6 is 22.9 Å². The van der Waals surface area contributed by atoms with Crippen molar-refractivity contribution in [2.45, 2.75) is 5.92 Å². The SMILES string of the molecule is O=C1c2c(sc(Cl)c2-c2ccc(F)cc2)NCC1c1ccccc1. The number of ketones is 1. The van der Waals surface area contributed by atoms with Gasteiger partial charge in [-0.2, -0.15) is 0 Å². The van der Waals surface area contributed by atoms with Crippen molar-refractivity contribution in [1.82, 2.24) is 0 Å². The average Bonchev–Trinajstić information content (AvgIpc) is 2.94. The average molecular weight is 358 g/mol. The number of hydrogen-bond donors (Lipinski definition) is 1. The van der Waals surface area contributed by atoms with Gasteiger partial charge in [0.2, 0.25) is 0 Å². The minimum absolute atomic E-state index is 0.0532. The van der Waals surface area contributed by atoms with Gasteiger partial charge in [-0.05, 0) is 23.3 Å². The summed E-state index contributed by atoms with van der Waals surface area (Å²) in [6.45, 7) is 0.551. The molecule has 2 aromatic carbocycles. The van der Waals surface area contributed by atoms with Crippen LogP contribution in [0.2, 0.25) is 4.34 Å². The van der Waals surface area contributed by atoms with E-state index in [0.717, 1.165) is 16.1 Å². The Bertz CT molecular complexity index is 905. The number of anilines is 1. The van der Waals surface area contributed by atoms with Gasteiger partial charge >= 0.3 is 0 Å². The molecule has 4 rings (SSSR count). The van der Waals surface area contributed by atoms with Crippen LogP contribution in [0.3, 0.4) is 0 Å². The van der Waals surface area contributed by atoms with Crippen molar-refractivity contribution >= 4 is 33.7 Å². The van der Waals surface area contributed by atoms with Crippen LogP contribution in [0.15, 0.2) is 54.6 Å². The number of Topliss-reactive ketones (excluding diaryl/α,β-unsaturated/α-hetero) is 1. The maximum Gasteiger partial charge on any atom is 0.175 e. The highest BCUT2D eigenvalue weighted by Crippen LogP contribution is 2.47. The van der Waals surface area contributed by atoms with Gasteiger partial charge in [-0.3, -0.25) is 4.79 Å². The molecule has 0 saturated carbocycles. The van der Waals surface area contributed by atoms with Gasteiger partial charge in [-0.1, -0.05) is 54.1 Å². The number of carbonyl (C=O) groups is 1. The zero-order chi connectivity index (χ0) is 16.7. The maximum absolute atomic E-state index is 13.2. The van der Waals surface area contributed by atoms with Gasteiger partial charge in [0.15, 0.2) is 5.78 Å². The fourth-order valence-corrected chi connectivity index (χ4v) is 4.45. The van der Waals surface area contributed by atoms with Crippen molar-refractivity contribution in [3.05, 3.63) is 75.9 Å². The van der Waals surface area contributed by atoms with Gasteiger partial charge in [0, 0.05) is 12.1 Å². The van der Waals surface area contributed by atoms with E-state index < -0.39 is 0 Å². The Labute approximate surface area is 147 Å². The molecule has 5 heteroatoms. The molecule has 3 aromatic rings. The van der Waals surface area contributed by atoms with Gasteiger partial charge in [0.1, 0.15) is 15.2 Å². The van der Waals surface area contributed by atoms with E-state index in [4.69, 9.17) is 11.6 Å². The summed E-state index contributed by atoms with van der Waals surface area (Å²) in [6, 6.07) is 15.8. The van der Waals surface area contributed by atoms with E-state index >= 15 is 0 Å². The highest BCUT2D eigenvalue weighted by Gasteiger charge is 2.34. The minimum Gasteiger partial charge on any atom is -0.375 e. The largest absolute Gasteiger partial charge is 0.375 e. The summed E-state index contributed by atoms with van der Waals surface area (Å²) in [6.07, 6.45) is 0. The third kappa shape index (κ3) is 2.52. The summed E-state index contributed by atoms with van der Waals surface area (Å²) >= 11 is 7.76. The van der Waals surface area contributed by atoms with Gasteiger partial charge in [-0.25, -0.2) is 4.39 Å². The highest BCUT2D eigenvalue weighted by molar-refractivity contribution is 7.21. The van der Waals surface area contributed by atoms with Gasteiger partial charge in [0.25, 0.3) is 0 Å². The molecule has 0 amide bonds. The first-order valence-corrected chi connectivity index (χ1v) is 8.76. The molecule has 1 unspecified atom stereocenters. The molecule has 0 spiro atoms. The summed E-state index contributed by atoms with van der Waals surface area (Å²) in [5, 5.41) is 4.11. The van der Waals surface area contributed by atoms with Gasteiger partial charge < -0.3 is 5.32 Å². The topological polar surface area (TPSA) is 29.1 Å². The lowest BCUT2D eigenvalue weighted by Crippen LogP contribution is -2.27. The molecule has 1 aromatic heterocycles. The Morgan fingerprint density at radius 3 is 2.46 bits per heavy atom. The minimum atomic E-state index is -0.314. The number of halogens is 2. The normalized spacial score (nSPS) is 16.6. The van der Waals surface area contributed by atoms with Crippen molar-refractivity contribution < 1.29 is 9.18 Å². The molecule has 1 aliphatic heterocycles. The Balaban J connectivity index is 1.82. The summed E-state index contributed by atoms with van der Waals surface area (Å²) in [7, 11) is 0. The molecule has 0 aliphatic carbocycles. The van der Waals surface area contributed by atoms with Crippen molar-refractivity contribution in [2.75, 3.05) is 11.9 Å². The van der Waals surface area contributed by atoms with E-state index in [-0.39, 0.29) is 17.5 Å². The first-order chi connectivity index (χ1) is 11.6. The second kappa shape index (κ2) is 6.04. The monoisotopic (exact) mass is 357 g/mol. The van der Waals surface area contributed by atoms with Gasteiger partial charge in [-0.15, -0.1) is 11.3 Å². The molecular formula is C19H13ClFNOS. The molecular weight excluding hydrogens is 345 g/mol. The lowest BCUT2D eigenvalue weighted by molar-refractivity contribution is 0.0961. The zero-order valence-electron chi connectivity index (χ0n) is 12.6. The van der Waals surface area contributed by atoms with Crippen molar-refractivity contribution in [1.29, 1.82) is 0 Å². The lowest BCUT2D eigenvalue weighted by Gasteiger charge is -2.23. The standard InChI is InChI=1S/C19H13ClFNOS/c20-18-15(12-6-8-13(21)9-7-12)16-17(23)14(10-22-19(16)24-18)11-4-2-1-3-5-11/h1-9,14,22H,10H2. The second-order valence-corrected chi connectivity index (χ2v) is 7.29. The first-order valence-electron chi connectivity index (χ1n) is 7.56. The number of hydrogen-bond acceptors (Lipinski definition) is 3. The van der Waals surface area contributed by atoms with E-state index in [9.17, 15) is 9.18 Å². The van der Waals surface area contributed by atoms with Crippen molar-refractivity contribution in [3.63, 3.8) is 0 Å². The molecule has 0 bridgehead atoms. The van der Waals surface area contributed by atoms with Crippen LogP contribution in [-0.4, -0.2) is 12.3 Å². The Kier molecular flexibility index (Phi) is 3.87. The van der Waals surface area contributed by atoms with Crippen molar-refractivity contribution in [3.8, 4) is 11.1 Å². The predicted octanol–water partition coefficient (Wildman–Crippen LogP) is 5.60. The Morgan fingerprint density at radius 1 is 1.04 bits per heavy atom. The zero-order valence-corrected chi connectivity index (χ0v) is 14.1. The number of nitrogens with one attached hydrogen (secondary N) is 1. The number of rotatable bonds is 2.